The van der Waals surface area contributed by atoms with Gasteiger partial charge in [0, 0.05) is 13.1 Å². The van der Waals surface area contributed by atoms with Gasteiger partial charge in [-0.05, 0) is 25.8 Å². The number of carbonyl (C=O) groups excluding carboxylic acids is 3. The molecule has 1 atom stereocenters. The summed E-state index contributed by atoms with van der Waals surface area (Å²) < 4.78 is 9.97. The maximum absolute atomic E-state index is 12.0. The van der Waals surface area contributed by atoms with Crippen molar-refractivity contribution in [3.8, 4) is 0 Å². The monoisotopic (exact) mass is 294 g/mol. The Balaban J connectivity index is 1.86. The quantitative estimate of drug-likeness (QED) is 0.813. The SMILES string of the molecule is Cc1occc1C(=O)OCC(=O)N1CCCC(C(N)=O)C1. The summed E-state index contributed by atoms with van der Waals surface area (Å²) in [5, 5.41) is 0. The predicted octanol–water partition coefficient (Wildman–Crippen LogP) is 0.469. The fourth-order valence-corrected chi connectivity index (χ4v) is 2.33. The van der Waals surface area contributed by atoms with Gasteiger partial charge in [0.1, 0.15) is 11.3 Å². The van der Waals surface area contributed by atoms with E-state index < -0.39 is 11.9 Å². The van der Waals surface area contributed by atoms with Crippen molar-refractivity contribution in [3.05, 3.63) is 23.7 Å². The minimum Gasteiger partial charge on any atom is -0.469 e. The Morgan fingerprint density at radius 1 is 1.48 bits per heavy atom. The van der Waals surface area contributed by atoms with Gasteiger partial charge in [0.25, 0.3) is 5.91 Å². The van der Waals surface area contributed by atoms with E-state index in [4.69, 9.17) is 14.9 Å². The predicted molar refractivity (Wildman–Crippen MR) is 72.2 cm³/mol. The van der Waals surface area contributed by atoms with Gasteiger partial charge in [-0.3, -0.25) is 9.59 Å². The fraction of sp³-hybridized carbons (Fsp3) is 0.500. The Bertz CT molecular complexity index is 551. The molecule has 7 heteroatoms. The molecule has 0 saturated carbocycles. The second-order valence-electron chi connectivity index (χ2n) is 5.05. The number of esters is 1. The van der Waals surface area contributed by atoms with Crippen molar-refractivity contribution in [1.82, 2.24) is 4.90 Å². The van der Waals surface area contributed by atoms with Crippen LogP contribution in [-0.4, -0.2) is 42.4 Å². The first kappa shape index (κ1) is 15.1. The van der Waals surface area contributed by atoms with E-state index in [0.717, 1.165) is 0 Å². The zero-order valence-corrected chi connectivity index (χ0v) is 11.8. The summed E-state index contributed by atoms with van der Waals surface area (Å²) in [5.41, 5.74) is 5.56. The molecule has 7 nitrogen and oxygen atoms in total. The summed E-state index contributed by atoms with van der Waals surface area (Å²) in [6.07, 6.45) is 2.79. The average molecular weight is 294 g/mol. The first-order valence-corrected chi connectivity index (χ1v) is 6.77. The molecule has 2 N–H and O–H groups in total. The summed E-state index contributed by atoms with van der Waals surface area (Å²) in [7, 11) is 0. The molecule has 2 rings (SSSR count). The minimum atomic E-state index is -0.599. The van der Waals surface area contributed by atoms with Crippen LogP contribution in [0.3, 0.4) is 0 Å². The highest BCUT2D eigenvalue weighted by atomic mass is 16.5. The van der Waals surface area contributed by atoms with Gasteiger partial charge in [0.2, 0.25) is 5.91 Å². The van der Waals surface area contributed by atoms with Gasteiger partial charge in [-0.15, -0.1) is 0 Å². The molecular formula is C14H18N2O5. The summed E-state index contributed by atoms with van der Waals surface area (Å²) in [6, 6.07) is 1.49. The number of nitrogens with two attached hydrogens (primary N) is 1. The fourth-order valence-electron chi connectivity index (χ4n) is 2.33. The molecule has 0 aromatic carbocycles. The Morgan fingerprint density at radius 2 is 2.24 bits per heavy atom. The Labute approximate surface area is 122 Å². The Kier molecular flexibility index (Phi) is 4.62. The summed E-state index contributed by atoms with van der Waals surface area (Å²) in [6.45, 7) is 2.12. The summed E-state index contributed by atoms with van der Waals surface area (Å²) in [4.78, 5) is 36.4. The lowest BCUT2D eigenvalue weighted by molar-refractivity contribution is -0.137. The van der Waals surface area contributed by atoms with E-state index in [1.54, 1.807) is 6.92 Å². The van der Waals surface area contributed by atoms with Gasteiger partial charge in [0.15, 0.2) is 6.61 Å². The zero-order chi connectivity index (χ0) is 15.4. The van der Waals surface area contributed by atoms with Crippen molar-refractivity contribution >= 4 is 17.8 Å². The lowest BCUT2D eigenvalue weighted by atomic mass is 9.97. The normalized spacial score (nSPS) is 18.3. The molecule has 1 unspecified atom stereocenters. The topological polar surface area (TPSA) is 103 Å². The van der Waals surface area contributed by atoms with Crippen molar-refractivity contribution in [2.75, 3.05) is 19.7 Å². The minimum absolute atomic E-state index is 0.288. The number of hydrogen-bond acceptors (Lipinski definition) is 5. The lowest BCUT2D eigenvalue weighted by Crippen LogP contribution is -2.45. The number of piperidine rings is 1. The number of likely N-dealkylation sites (tertiary alicyclic amines) is 1. The van der Waals surface area contributed by atoms with E-state index in [-0.39, 0.29) is 25.0 Å². The summed E-state index contributed by atoms with van der Waals surface area (Å²) in [5.74, 6) is -1.21. The molecule has 1 aliphatic rings. The lowest BCUT2D eigenvalue weighted by Gasteiger charge is -2.31. The summed E-state index contributed by atoms with van der Waals surface area (Å²) >= 11 is 0. The second-order valence-corrected chi connectivity index (χ2v) is 5.05. The average Bonchev–Trinajstić information content (AvgIpc) is 2.90. The number of hydrogen-bond donors (Lipinski definition) is 1. The van der Waals surface area contributed by atoms with E-state index in [1.807, 2.05) is 0 Å². The molecule has 21 heavy (non-hydrogen) atoms. The van der Waals surface area contributed by atoms with Crippen LogP contribution in [-0.2, 0) is 14.3 Å². The second kappa shape index (κ2) is 6.43. The third-order valence-electron chi connectivity index (χ3n) is 3.58. The smallest absolute Gasteiger partial charge is 0.342 e. The number of rotatable bonds is 4. The molecule has 1 aromatic heterocycles. The highest BCUT2D eigenvalue weighted by Gasteiger charge is 2.27. The van der Waals surface area contributed by atoms with Crippen LogP contribution in [0, 0.1) is 12.8 Å². The van der Waals surface area contributed by atoms with Crippen LogP contribution >= 0.6 is 0 Å². The zero-order valence-electron chi connectivity index (χ0n) is 11.8. The van der Waals surface area contributed by atoms with Gasteiger partial charge >= 0.3 is 5.97 Å². The van der Waals surface area contributed by atoms with Gasteiger partial charge in [-0.1, -0.05) is 0 Å². The van der Waals surface area contributed by atoms with Gasteiger partial charge < -0.3 is 19.8 Å². The highest BCUT2D eigenvalue weighted by Crippen LogP contribution is 2.16. The van der Waals surface area contributed by atoms with Crippen molar-refractivity contribution in [2.24, 2.45) is 11.7 Å². The van der Waals surface area contributed by atoms with Crippen LogP contribution in [0.2, 0.25) is 0 Å². The van der Waals surface area contributed by atoms with Crippen LogP contribution < -0.4 is 5.73 Å². The molecule has 2 heterocycles. The standard InChI is InChI=1S/C14H18N2O5/c1-9-11(4-6-20-9)14(19)21-8-12(17)16-5-2-3-10(7-16)13(15)18/h4,6,10H,2-3,5,7-8H2,1H3,(H2,15,18). The molecule has 114 valence electrons. The number of nitrogens with zero attached hydrogens (tertiary/aromatic N) is 1. The third-order valence-corrected chi connectivity index (χ3v) is 3.58. The van der Waals surface area contributed by atoms with E-state index >= 15 is 0 Å². The number of aryl methyl sites for hydroxylation is 1. The highest BCUT2D eigenvalue weighted by molar-refractivity contribution is 5.92. The van der Waals surface area contributed by atoms with Crippen LogP contribution in [0.1, 0.15) is 29.0 Å². The maximum atomic E-state index is 12.0. The number of furan rings is 1. The Morgan fingerprint density at radius 3 is 2.86 bits per heavy atom. The van der Waals surface area contributed by atoms with E-state index in [1.165, 1.54) is 17.2 Å². The Hall–Kier alpha value is -2.31. The first-order valence-electron chi connectivity index (χ1n) is 6.77. The first-order chi connectivity index (χ1) is 9.99. The van der Waals surface area contributed by atoms with E-state index in [2.05, 4.69) is 0 Å². The maximum Gasteiger partial charge on any atom is 0.342 e. The molecule has 1 saturated heterocycles. The van der Waals surface area contributed by atoms with Crippen molar-refractivity contribution < 1.29 is 23.5 Å². The van der Waals surface area contributed by atoms with E-state index in [0.29, 0.717) is 30.7 Å². The van der Waals surface area contributed by atoms with Crippen LogP contribution in [0.25, 0.3) is 0 Å². The van der Waals surface area contributed by atoms with Crippen LogP contribution in [0.4, 0.5) is 0 Å². The molecule has 1 aromatic rings. The molecule has 1 fully saturated rings. The molecule has 0 bridgehead atoms. The third kappa shape index (κ3) is 3.62. The van der Waals surface area contributed by atoms with Crippen molar-refractivity contribution in [1.29, 1.82) is 0 Å². The van der Waals surface area contributed by atoms with Gasteiger partial charge in [-0.2, -0.15) is 0 Å². The van der Waals surface area contributed by atoms with Gasteiger partial charge in [0.05, 0.1) is 12.2 Å². The van der Waals surface area contributed by atoms with Crippen molar-refractivity contribution in [2.45, 2.75) is 19.8 Å². The number of amides is 2. The molecular weight excluding hydrogens is 276 g/mol. The van der Waals surface area contributed by atoms with Crippen LogP contribution in [0.15, 0.2) is 16.7 Å². The number of primary amides is 1. The van der Waals surface area contributed by atoms with Gasteiger partial charge in [-0.25, -0.2) is 4.79 Å². The molecule has 1 aliphatic heterocycles. The number of ether oxygens (including phenoxy) is 1. The largest absolute Gasteiger partial charge is 0.469 e. The van der Waals surface area contributed by atoms with E-state index in [9.17, 15) is 14.4 Å². The van der Waals surface area contributed by atoms with Crippen molar-refractivity contribution in [3.63, 3.8) is 0 Å². The number of carbonyl (C=O) groups is 3. The molecule has 0 radical (unpaired) electrons. The molecule has 2 amide bonds. The van der Waals surface area contributed by atoms with Crippen LogP contribution in [0.5, 0.6) is 0 Å². The molecule has 0 spiro atoms. The molecule has 0 aliphatic carbocycles.